The van der Waals surface area contributed by atoms with Gasteiger partial charge in [-0.25, -0.2) is 4.79 Å². The van der Waals surface area contributed by atoms with E-state index in [0.717, 1.165) is 0 Å². The normalized spacial score (nSPS) is 11.1. The van der Waals surface area contributed by atoms with Crippen molar-refractivity contribution in [1.29, 1.82) is 0 Å². The van der Waals surface area contributed by atoms with Crippen LogP contribution < -0.4 is 15.4 Å². The van der Waals surface area contributed by atoms with Crippen LogP contribution in [0.2, 0.25) is 10.2 Å². The summed E-state index contributed by atoms with van der Waals surface area (Å²) in [7, 11) is 3.12. The zero-order valence-electron chi connectivity index (χ0n) is 15.6. The molecule has 9 heteroatoms. The first kappa shape index (κ1) is 20.9. The summed E-state index contributed by atoms with van der Waals surface area (Å²) in [5, 5.41) is 5.86. The van der Waals surface area contributed by atoms with Crippen LogP contribution in [0.3, 0.4) is 0 Å². The van der Waals surface area contributed by atoms with Gasteiger partial charge in [-0.2, -0.15) is 0 Å². The lowest BCUT2D eigenvalue weighted by molar-refractivity contribution is 0.0635. The van der Waals surface area contributed by atoms with Gasteiger partial charge >= 0.3 is 6.09 Å². The van der Waals surface area contributed by atoms with Crippen LogP contribution in [-0.4, -0.2) is 29.3 Å². The molecular formula is C18H21Cl2N3O4. The first-order valence-electron chi connectivity index (χ1n) is 8.02. The fraction of sp³-hybridized carbons (Fsp3) is 0.333. The molecule has 0 atom stereocenters. The van der Waals surface area contributed by atoms with E-state index < -0.39 is 17.6 Å². The summed E-state index contributed by atoms with van der Waals surface area (Å²) in [5.74, 6) is 0.0507. The first-order valence-corrected chi connectivity index (χ1v) is 8.77. The Bertz CT molecular complexity index is 872. The van der Waals surface area contributed by atoms with Gasteiger partial charge in [-0.1, -0.05) is 23.2 Å². The number of halogens is 2. The molecule has 0 radical (unpaired) electrons. The van der Waals surface area contributed by atoms with E-state index in [1.54, 1.807) is 46.0 Å². The Morgan fingerprint density at radius 1 is 1.07 bits per heavy atom. The molecule has 0 spiro atoms. The van der Waals surface area contributed by atoms with Crippen LogP contribution >= 0.6 is 23.2 Å². The molecule has 0 aliphatic heterocycles. The highest BCUT2D eigenvalue weighted by Gasteiger charge is 2.20. The van der Waals surface area contributed by atoms with Crippen molar-refractivity contribution in [1.82, 2.24) is 4.57 Å². The molecule has 2 N–H and O–H groups in total. The maximum atomic E-state index is 12.6. The molecule has 0 aliphatic rings. The van der Waals surface area contributed by atoms with E-state index in [1.807, 2.05) is 0 Å². The number of rotatable bonds is 4. The number of aromatic nitrogens is 1. The second-order valence-corrected chi connectivity index (χ2v) is 7.49. The number of hydrogen-bond donors (Lipinski definition) is 2. The summed E-state index contributed by atoms with van der Waals surface area (Å²) >= 11 is 12.0. The van der Waals surface area contributed by atoms with Crippen molar-refractivity contribution in [3.8, 4) is 5.75 Å². The topological polar surface area (TPSA) is 81.6 Å². The van der Waals surface area contributed by atoms with Gasteiger partial charge in [-0.3, -0.25) is 10.1 Å². The monoisotopic (exact) mass is 413 g/mol. The quantitative estimate of drug-likeness (QED) is 0.743. The Labute approximate surface area is 167 Å². The van der Waals surface area contributed by atoms with Crippen molar-refractivity contribution in [2.75, 3.05) is 17.7 Å². The summed E-state index contributed by atoms with van der Waals surface area (Å²) < 4.78 is 11.9. The van der Waals surface area contributed by atoms with Gasteiger partial charge in [0.2, 0.25) is 0 Å². The number of carbonyl (C=O) groups excluding carboxylic acids is 2. The minimum absolute atomic E-state index is 0.250. The molecule has 27 heavy (non-hydrogen) atoms. The summed E-state index contributed by atoms with van der Waals surface area (Å²) in [4.78, 5) is 24.7. The molecule has 2 aromatic rings. The maximum Gasteiger partial charge on any atom is 0.412 e. The highest BCUT2D eigenvalue weighted by molar-refractivity contribution is 6.42. The van der Waals surface area contributed by atoms with Crippen LogP contribution in [0.1, 0.15) is 31.3 Å². The van der Waals surface area contributed by atoms with E-state index in [1.165, 1.54) is 17.7 Å². The Kier molecular flexibility index (Phi) is 6.28. The standard InChI is InChI=1S/C18H21Cl2N3O4/c1-18(2,3)27-17(25)22-12-7-6-10(26-5)8-13(12)21-16(24)14-9-11(19)15(20)23(14)4/h6-9H,1-5H3,(H,21,24)(H,22,25). The number of nitrogens with one attached hydrogen (secondary N) is 2. The molecule has 1 heterocycles. The smallest absolute Gasteiger partial charge is 0.412 e. The minimum atomic E-state index is -0.656. The van der Waals surface area contributed by atoms with Gasteiger partial charge in [0.25, 0.3) is 5.91 Å². The lowest BCUT2D eigenvalue weighted by Crippen LogP contribution is -2.27. The van der Waals surface area contributed by atoms with Crippen LogP contribution in [0.4, 0.5) is 16.2 Å². The Hall–Kier alpha value is -2.38. The second kappa shape index (κ2) is 8.10. The van der Waals surface area contributed by atoms with E-state index in [4.69, 9.17) is 32.7 Å². The van der Waals surface area contributed by atoms with Gasteiger partial charge in [0, 0.05) is 13.1 Å². The van der Waals surface area contributed by atoms with E-state index >= 15 is 0 Å². The fourth-order valence-corrected chi connectivity index (χ4v) is 2.60. The third-order valence-electron chi connectivity index (χ3n) is 3.46. The molecule has 2 amide bonds. The molecule has 0 saturated heterocycles. The van der Waals surface area contributed by atoms with Gasteiger partial charge in [0.05, 0.1) is 23.5 Å². The Balaban J connectivity index is 2.29. The number of nitrogens with zero attached hydrogens (tertiary/aromatic N) is 1. The van der Waals surface area contributed by atoms with Crippen molar-refractivity contribution >= 4 is 46.6 Å². The van der Waals surface area contributed by atoms with Gasteiger partial charge in [0.15, 0.2) is 0 Å². The second-order valence-electron chi connectivity index (χ2n) is 6.72. The fourth-order valence-electron chi connectivity index (χ4n) is 2.22. The highest BCUT2D eigenvalue weighted by atomic mass is 35.5. The van der Waals surface area contributed by atoms with E-state index in [2.05, 4.69) is 10.6 Å². The van der Waals surface area contributed by atoms with E-state index in [0.29, 0.717) is 17.1 Å². The molecule has 1 aromatic carbocycles. The van der Waals surface area contributed by atoms with Crippen molar-refractivity contribution < 1.29 is 19.1 Å². The number of hydrogen-bond acceptors (Lipinski definition) is 4. The average Bonchev–Trinajstić information content (AvgIpc) is 2.82. The number of methoxy groups -OCH3 is 1. The van der Waals surface area contributed by atoms with Crippen molar-refractivity contribution in [3.05, 3.63) is 40.1 Å². The Morgan fingerprint density at radius 3 is 2.26 bits per heavy atom. The molecule has 2 rings (SSSR count). The predicted octanol–water partition coefficient (Wildman–Crippen LogP) is 4.94. The lowest BCUT2D eigenvalue weighted by atomic mass is 10.2. The van der Waals surface area contributed by atoms with Gasteiger partial charge < -0.3 is 19.4 Å². The summed E-state index contributed by atoms with van der Waals surface area (Å²) in [6.07, 6.45) is -0.645. The van der Waals surface area contributed by atoms with Crippen LogP contribution in [0.5, 0.6) is 5.75 Å². The number of carbonyl (C=O) groups is 2. The molecule has 7 nitrogen and oxygen atoms in total. The van der Waals surface area contributed by atoms with Crippen LogP contribution in [0, 0.1) is 0 Å². The van der Waals surface area contributed by atoms with Crippen molar-refractivity contribution in [2.45, 2.75) is 26.4 Å². The van der Waals surface area contributed by atoms with Crippen LogP contribution in [0.15, 0.2) is 24.3 Å². The maximum absolute atomic E-state index is 12.6. The predicted molar refractivity (Wildman–Crippen MR) is 106 cm³/mol. The molecule has 0 bridgehead atoms. The summed E-state index contributed by atoms with van der Waals surface area (Å²) in [6.45, 7) is 5.27. The molecule has 0 saturated carbocycles. The molecule has 0 aliphatic carbocycles. The molecule has 1 aromatic heterocycles. The number of amides is 2. The largest absolute Gasteiger partial charge is 0.497 e. The third kappa shape index (κ3) is 5.30. The van der Waals surface area contributed by atoms with Gasteiger partial charge in [-0.05, 0) is 39.0 Å². The number of benzene rings is 1. The summed E-state index contributed by atoms with van der Waals surface area (Å²) in [5.41, 5.74) is 0.288. The molecule has 0 unspecified atom stereocenters. The summed E-state index contributed by atoms with van der Waals surface area (Å²) in [6, 6.07) is 6.29. The van der Waals surface area contributed by atoms with E-state index in [-0.39, 0.29) is 15.9 Å². The molecular weight excluding hydrogens is 393 g/mol. The lowest BCUT2D eigenvalue weighted by Gasteiger charge is -2.20. The van der Waals surface area contributed by atoms with Crippen molar-refractivity contribution in [3.63, 3.8) is 0 Å². The zero-order chi connectivity index (χ0) is 20.4. The van der Waals surface area contributed by atoms with Crippen LogP contribution in [0.25, 0.3) is 0 Å². The van der Waals surface area contributed by atoms with Gasteiger partial charge in [-0.15, -0.1) is 0 Å². The van der Waals surface area contributed by atoms with Crippen molar-refractivity contribution in [2.24, 2.45) is 7.05 Å². The highest BCUT2D eigenvalue weighted by Crippen LogP contribution is 2.30. The van der Waals surface area contributed by atoms with Crippen LogP contribution in [-0.2, 0) is 11.8 Å². The zero-order valence-corrected chi connectivity index (χ0v) is 17.2. The number of anilines is 2. The third-order valence-corrected chi connectivity index (χ3v) is 4.30. The average molecular weight is 414 g/mol. The van der Waals surface area contributed by atoms with Gasteiger partial charge in [0.1, 0.15) is 22.2 Å². The van der Waals surface area contributed by atoms with E-state index in [9.17, 15) is 9.59 Å². The Morgan fingerprint density at radius 2 is 1.74 bits per heavy atom. The minimum Gasteiger partial charge on any atom is -0.497 e. The SMILES string of the molecule is COc1ccc(NC(=O)OC(C)(C)C)c(NC(=O)c2cc(Cl)c(Cl)n2C)c1. The molecule has 146 valence electrons. The number of ether oxygens (including phenoxy) is 2. The first-order chi connectivity index (χ1) is 12.5. The molecule has 0 fully saturated rings.